The molecule has 0 heterocycles. The highest BCUT2D eigenvalue weighted by atomic mass is 35.5. The molecular formula is C10H10ClFO4S. The van der Waals surface area contributed by atoms with Crippen molar-refractivity contribution in [2.24, 2.45) is 0 Å². The summed E-state index contributed by atoms with van der Waals surface area (Å²) in [6.07, 6.45) is 0. The van der Waals surface area contributed by atoms with Gasteiger partial charge in [-0.25, -0.2) is 12.8 Å². The average molecular weight is 281 g/mol. The van der Waals surface area contributed by atoms with E-state index in [1.54, 1.807) is 0 Å². The first-order valence-corrected chi connectivity index (χ1v) is 6.72. The molecule has 17 heavy (non-hydrogen) atoms. The number of carbonyl (C=O) groups is 1. The molecular weight excluding hydrogens is 271 g/mol. The van der Waals surface area contributed by atoms with Crippen molar-refractivity contribution >= 4 is 27.4 Å². The van der Waals surface area contributed by atoms with Crippen LogP contribution in [0.25, 0.3) is 0 Å². The lowest BCUT2D eigenvalue weighted by Gasteiger charge is -2.09. The van der Waals surface area contributed by atoms with Crippen LogP contribution in [0.4, 0.5) is 4.39 Å². The van der Waals surface area contributed by atoms with Crippen molar-refractivity contribution in [2.75, 3.05) is 0 Å². The summed E-state index contributed by atoms with van der Waals surface area (Å²) in [6, 6.07) is 3.76. The minimum atomic E-state index is -3.90. The predicted octanol–water partition coefficient (Wildman–Crippen LogP) is 1.87. The van der Waals surface area contributed by atoms with Crippen LogP contribution < -0.4 is 0 Å². The first-order valence-electron chi connectivity index (χ1n) is 4.63. The SMILES string of the molecule is CC(C(=O)O)S(=O)(=O)Cc1cccc(F)c1Cl. The fourth-order valence-electron chi connectivity index (χ4n) is 1.16. The molecule has 0 fully saturated rings. The molecule has 0 bridgehead atoms. The van der Waals surface area contributed by atoms with Gasteiger partial charge in [0.15, 0.2) is 15.1 Å². The Morgan fingerprint density at radius 3 is 2.65 bits per heavy atom. The number of hydrogen-bond donors (Lipinski definition) is 1. The minimum absolute atomic E-state index is 0.0553. The Labute approximate surface area is 103 Å². The fraction of sp³-hybridized carbons (Fsp3) is 0.300. The zero-order chi connectivity index (χ0) is 13.2. The highest BCUT2D eigenvalue weighted by molar-refractivity contribution is 7.92. The summed E-state index contributed by atoms with van der Waals surface area (Å²) in [5.41, 5.74) is 0.0553. The smallest absolute Gasteiger partial charge is 0.321 e. The van der Waals surface area contributed by atoms with Crippen LogP contribution in [-0.4, -0.2) is 24.7 Å². The van der Waals surface area contributed by atoms with Gasteiger partial charge in [-0.15, -0.1) is 0 Å². The van der Waals surface area contributed by atoms with Crippen LogP contribution in [0.1, 0.15) is 12.5 Å². The van der Waals surface area contributed by atoms with Gasteiger partial charge in [-0.2, -0.15) is 0 Å². The molecule has 0 aliphatic carbocycles. The van der Waals surface area contributed by atoms with Crippen LogP contribution in [0.3, 0.4) is 0 Å². The third-order valence-electron chi connectivity index (χ3n) is 2.27. The maximum Gasteiger partial charge on any atom is 0.321 e. The molecule has 1 atom stereocenters. The lowest BCUT2D eigenvalue weighted by atomic mass is 10.2. The maximum absolute atomic E-state index is 13.1. The number of hydrogen-bond acceptors (Lipinski definition) is 3. The summed E-state index contributed by atoms with van der Waals surface area (Å²) >= 11 is 5.60. The van der Waals surface area contributed by atoms with Gasteiger partial charge in [0.2, 0.25) is 0 Å². The summed E-state index contributed by atoms with van der Waals surface area (Å²) < 4.78 is 36.4. The van der Waals surface area contributed by atoms with Gasteiger partial charge in [0.25, 0.3) is 0 Å². The maximum atomic E-state index is 13.1. The Hall–Kier alpha value is -1.14. The second-order valence-corrected chi connectivity index (χ2v) is 6.20. The Balaban J connectivity index is 3.07. The van der Waals surface area contributed by atoms with E-state index in [4.69, 9.17) is 16.7 Å². The fourth-order valence-corrected chi connectivity index (χ4v) is 2.66. The molecule has 1 N–H and O–H groups in total. The van der Waals surface area contributed by atoms with Gasteiger partial charge >= 0.3 is 5.97 Å². The molecule has 1 aromatic carbocycles. The Kier molecular flexibility index (Phi) is 4.11. The monoisotopic (exact) mass is 280 g/mol. The molecule has 4 nitrogen and oxygen atoms in total. The van der Waals surface area contributed by atoms with Gasteiger partial charge < -0.3 is 5.11 Å². The molecule has 1 unspecified atom stereocenters. The molecule has 1 aromatic rings. The Bertz CT molecular complexity index is 541. The van der Waals surface area contributed by atoms with E-state index in [2.05, 4.69) is 0 Å². The highest BCUT2D eigenvalue weighted by Gasteiger charge is 2.28. The first kappa shape index (κ1) is 13.9. The first-order chi connectivity index (χ1) is 7.75. The number of aliphatic carboxylic acids is 1. The Morgan fingerprint density at radius 1 is 1.53 bits per heavy atom. The number of carboxylic acid groups (broad SMARTS) is 1. The second kappa shape index (κ2) is 5.01. The Morgan fingerprint density at radius 2 is 2.12 bits per heavy atom. The lowest BCUT2D eigenvalue weighted by molar-refractivity contribution is -0.136. The largest absolute Gasteiger partial charge is 0.480 e. The van der Waals surface area contributed by atoms with E-state index in [0.29, 0.717) is 0 Å². The van der Waals surface area contributed by atoms with Gasteiger partial charge in [-0.05, 0) is 18.6 Å². The molecule has 7 heteroatoms. The predicted molar refractivity (Wildman–Crippen MR) is 61.1 cm³/mol. The summed E-state index contributed by atoms with van der Waals surface area (Å²) in [5.74, 6) is -2.78. The van der Waals surface area contributed by atoms with Crippen molar-refractivity contribution in [1.29, 1.82) is 0 Å². The normalized spacial score (nSPS) is 13.4. The molecule has 94 valence electrons. The lowest BCUT2D eigenvalue weighted by Crippen LogP contribution is -2.28. The van der Waals surface area contributed by atoms with Crippen molar-refractivity contribution in [1.82, 2.24) is 0 Å². The zero-order valence-corrected chi connectivity index (χ0v) is 10.4. The van der Waals surface area contributed by atoms with E-state index in [9.17, 15) is 17.6 Å². The molecule has 0 radical (unpaired) electrons. The molecule has 0 saturated carbocycles. The summed E-state index contributed by atoms with van der Waals surface area (Å²) in [5, 5.41) is 6.78. The van der Waals surface area contributed by atoms with Gasteiger partial charge in [0.1, 0.15) is 5.82 Å². The van der Waals surface area contributed by atoms with E-state index in [0.717, 1.165) is 13.0 Å². The third-order valence-corrected chi connectivity index (χ3v) is 4.69. The molecule has 0 saturated heterocycles. The molecule has 0 spiro atoms. The van der Waals surface area contributed by atoms with E-state index in [1.165, 1.54) is 12.1 Å². The van der Waals surface area contributed by atoms with E-state index < -0.39 is 32.6 Å². The highest BCUT2D eigenvalue weighted by Crippen LogP contribution is 2.23. The molecule has 0 aromatic heterocycles. The van der Waals surface area contributed by atoms with Crippen molar-refractivity contribution in [2.45, 2.75) is 17.9 Å². The van der Waals surface area contributed by atoms with Crippen molar-refractivity contribution in [3.8, 4) is 0 Å². The van der Waals surface area contributed by atoms with Gasteiger partial charge in [0, 0.05) is 0 Å². The summed E-state index contributed by atoms with van der Waals surface area (Å²) in [4.78, 5) is 10.6. The van der Waals surface area contributed by atoms with Crippen LogP contribution in [0.15, 0.2) is 18.2 Å². The van der Waals surface area contributed by atoms with Crippen molar-refractivity contribution in [3.05, 3.63) is 34.6 Å². The van der Waals surface area contributed by atoms with Crippen molar-refractivity contribution in [3.63, 3.8) is 0 Å². The topological polar surface area (TPSA) is 71.4 Å². The summed E-state index contributed by atoms with van der Waals surface area (Å²) in [7, 11) is -3.90. The van der Waals surface area contributed by atoms with Crippen LogP contribution in [0.2, 0.25) is 5.02 Å². The average Bonchev–Trinajstić information content (AvgIpc) is 2.23. The third kappa shape index (κ3) is 3.17. The molecule has 0 amide bonds. The molecule has 1 rings (SSSR count). The van der Waals surface area contributed by atoms with Gasteiger partial charge in [0.05, 0.1) is 10.8 Å². The number of sulfone groups is 1. The number of benzene rings is 1. The minimum Gasteiger partial charge on any atom is -0.480 e. The zero-order valence-electron chi connectivity index (χ0n) is 8.85. The van der Waals surface area contributed by atoms with Gasteiger partial charge in [-0.3, -0.25) is 4.79 Å². The molecule has 0 aliphatic heterocycles. The number of rotatable bonds is 4. The van der Waals surface area contributed by atoms with Crippen LogP contribution >= 0.6 is 11.6 Å². The second-order valence-electron chi connectivity index (χ2n) is 3.50. The number of halogens is 2. The standard InChI is InChI=1S/C10H10ClFO4S/c1-6(10(13)14)17(15,16)5-7-3-2-4-8(12)9(7)11/h2-4,6H,5H2,1H3,(H,13,14). The van der Waals surface area contributed by atoms with Crippen LogP contribution in [0, 0.1) is 5.82 Å². The van der Waals surface area contributed by atoms with Gasteiger partial charge in [-0.1, -0.05) is 23.7 Å². The summed E-state index contributed by atoms with van der Waals surface area (Å²) in [6.45, 7) is 1.06. The molecule has 0 aliphatic rings. The van der Waals surface area contributed by atoms with E-state index in [1.807, 2.05) is 0 Å². The van der Waals surface area contributed by atoms with E-state index in [-0.39, 0.29) is 10.6 Å². The number of carboxylic acids is 1. The van der Waals surface area contributed by atoms with Crippen molar-refractivity contribution < 1.29 is 22.7 Å². The quantitative estimate of drug-likeness (QED) is 0.914. The van der Waals surface area contributed by atoms with Crippen LogP contribution in [0.5, 0.6) is 0 Å². The van der Waals surface area contributed by atoms with E-state index >= 15 is 0 Å². The van der Waals surface area contributed by atoms with Crippen LogP contribution in [-0.2, 0) is 20.4 Å².